The summed E-state index contributed by atoms with van der Waals surface area (Å²) in [5, 5.41) is 0. The number of nitrogens with zero attached hydrogens (tertiary/aromatic N) is 1. The lowest BCUT2D eigenvalue weighted by atomic mass is 9.94. The predicted molar refractivity (Wildman–Crippen MR) is 83.1 cm³/mol. The first kappa shape index (κ1) is 16.2. The van der Waals surface area contributed by atoms with Gasteiger partial charge in [-0.05, 0) is 69.1 Å². The van der Waals surface area contributed by atoms with Crippen LogP contribution in [0.5, 0.6) is 0 Å². The number of benzene rings is 1. The molecule has 3 N–H and O–H groups in total. The maximum Gasteiger partial charge on any atom is 0.0474 e. The molecule has 1 aromatic rings. The zero-order valence-electron chi connectivity index (χ0n) is 13.1. The summed E-state index contributed by atoms with van der Waals surface area (Å²) in [5.41, 5.74) is 8.32. The van der Waals surface area contributed by atoms with Gasteiger partial charge >= 0.3 is 0 Å². The van der Waals surface area contributed by atoms with Crippen molar-refractivity contribution < 1.29 is 0 Å². The number of hydrogen-bond donors (Lipinski definition) is 2. The summed E-state index contributed by atoms with van der Waals surface area (Å²) in [4.78, 5) is 2.43. The van der Waals surface area contributed by atoms with Crippen molar-refractivity contribution in [3.63, 3.8) is 0 Å². The monoisotopic (exact) mass is 263 g/mol. The van der Waals surface area contributed by atoms with Crippen LogP contribution in [-0.4, -0.2) is 24.5 Å². The highest BCUT2D eigenvalue weighted by atomic mass is 15.2. The highest BCUT2D eigenvalue weighted by molar-refractivity contribution is 5.38. The van der Waals surface area contributed by atoms with E-state index in [9.17, 15) is 0 Å². The lowest BCUT2D eigenvalue weighted by molar-refractivity contribution is 0.282. The fourth-order valence-corrected chi connectivity index (χ4v) is 2.54. The van der Waals surface area contributed by atoms with Crippen LogP contribution in [0.15, 0.2) is 12.1 Å². The quantitative estimate of drug-likeness (QED) is 0.587. The Morgan fingerprint density at radius 2 is 1.63 bits per heavy atom. The van der Waals surface area contributed by atoms with Crippen LogP contribution in [0.3, 0.4) is 0 Å². The molecule has 0 aliphatic carbocycles. The first-order chi connectivity index (χ1) is 9.03. The fourth-order valence-electron chi connectivity index (χ4n) is 2.54. The highest BCUT2D eigenvalue weighted by Gasteiger charge is 2.14. The Hall–Kier alpha value is -0.900. The van der Waals surface area contributed by atoms with Crippen molar-refractivity contribution in [2.24, 2.45) is 5.84 Å². The second-order valence-corrected chi connectivity index (χ2v) is 5.33. The average molecular weight is 263 g/mol. The van der Waals surface area contributed by atoms with Gasteiger partial charge in [0.15, 0.2) is 0 Å². The first-order valence-corrected chi connectivity index (χ1v) is 7.29. The van der Waals surface area contributed by atoms with E-state index in [-0.39, 0.29) is 6.04 Å². The minimum absolute atomic E-state index is 0.236. The molecule has 0 aromatic heterocycles. The van der Waals surface area contributed by atoms with E-state index in [1.807, 2.05) is 0 Å². The van der Waals surface area contributed by atoms with Crippen molar-refractivity contribution in [3.8, 4) is 0 Å². The molecular formula is C16H29N3. The number of hydrazine groups is 1. The molecule has 0 fully saturated rings. The topological polar surface area (TPSA) is 41.3 Å². The van der Waals surface area contributed by atoms with Gasteiger partial charge in [0.2, 0.25) is 0 Å². The van der Waals surface area contributed by atoms with Gasteiger partial charge in [0.25, 0.3) is 0 Å². The minimum atomic E-state index is 0.236. The van der Waals surface area contributed by atoms with Crippen LogP contribution < -0.4 is 11.3 Å². The molecule has 108 valence electrons. The van der Waals surface area contributed by atoms with Gasteiger partial charge in [-0.15, -0.1) is 0 Å². The second kappa shape index (κ2) is 7.63. The Bertz CT molecular complexity index is 397. The van der Waals surface area contributed by atoms with Crippen LogP contribution in [0.2, 0.25) is 0 Å². The maximum absolute atomic E-state index is 5.76. The van der Waals surface area contributed by atoms with Crippen molar-refractivity contribution in [1.29, 1.82) is 0 Å². The van der Waals surface area contributed by atoms with Gasteiger partial charge in [-0.1, -0.05) is 26.0 Å². The lowest BCUT2D eigenvalue weighted by Gasteiger charge is -2.24. The van der Waals surface area contributed by atoms with E-state index in [0.717, 1.165) is 26.1 Å². The summed E-state index contributed by atoms with van der Waals surface area (Å²) < 4.78 is 0. The van der Waals surface area contributed by atoms with E-state index in [1.165, 1.54) is 22.3 Å². The minimum Gasteiger partial charge on any atom is -0.304 e. The highest BCUT2D eigenvalue weighted by Crippen LogP contribution is 2.23. The Morgan fingerprint density at radius 1 is 1.05 bits per heavy atom. The summed E-state index contributed by atoms with van der Waals surface area (Å²) >= 11 is 0. The van der Waals surface area contributed by atoms with Crippen LogP contribution in [0.25, 0.3) is 0 Å². The first-order valence-electron chi connectivity index (χ1n) is 7.29. The van der Waals surface area contributed by atoms with Gasteiger partial charge in [0.1, 0.15) is 0 Å². The van der Waals surface area contributed by atoms with Crippen LogP contribution in [0, 0.1) is 20.8 Å². The van der Waals surface area contributed by atoms with Gasteiger partial charge < -0.3 is 4.90 Å². The molecule has 0 bridgehead atoms. The van der Waals surface area contributed by atoms with Gasteiger partial charge in [-0.3, -0.25) is 11.3 Å². The van der Waals surface area contributed by atoms with Crippen LogP contribution in [0.4, 0.5) is 0 Å². The number of hydrogen-bond acceptors (Lipinski definition) is 3. The van der Waals surface area contributed by atoms with Gasteiger partial charge in [0.05, 0.1) is 0 Å². The molecule has 0 heterocycles. The third-order valence-corrected chi connectivity index (χ3v) is 4.09. The molecular weight excluding hydrogens is 234 g/mol. The number of aryl methyl sites for hydroxylation is 3. The molecule has 0 spiro atoms. The molecule has 19 heavy (non-hydrogen) atoms. The molecule has 0 saturated carbocycles. The summed E-state index contributed by atoms with van der Waals surface area (Å²) in [6, 6.07) is 4.77. The van der Waals surface area contributed by atoms with E-state index < -0.39 is 0 Å². The summed E-state index contributed by atoms with van der Waals surface area (Å²) in [6.45, 7) is 14.2. The van der Waals surface area contributed by atoms with Gasteiger partial charge in [0, 0.05) is 6.04 Å². The molecule has 3 nitrogen and oxygen atoms in total. The molecule has 0 aliphatic rings. The second-order valence-electron chi connectivity index (χ2n) is 5.33. The lowest BCUT2D eigenvalue weighted by Crippen LogP contribution is -2.33. The number of nitrogens with one attached hydrogen (secondary N) is 1. The van der Waals surface area contributed by atoms with Gasteiger partial charge in [-0.25, -0.2) is 0 Å². The molecule has 0 radical (unpaired) electrons. The normalized spacial score (nSPS) is 13.0. The van der Waals surface area contributed by atoms with E-state index in [1.54, 1.807) is 0 Å². The van der Waals surface area contributed by atoms with Crippen LogP contribution in [0.1, 0.15) is 48.6 Å². The van der Waals surface area contributed by atoms with E-state index in [2.05, 4.69) is 57.1 Å². The van der Waals surface area contributed by atoms with Crippen molar-refractivity contribution in [3.05, 3.63) is 34.4 Å². The van der Waals surface area contributed by atoms with E-state index in [4.69, 9.17) is 5.84 Å². The molecule has 1 atom stereocenters. The molecule has 1 rings (SSSR count). The fraction of sp³-hybridized carbons (Fsp3) is 0.625. The van der Waals surface area contributed by atoms with Crippen molar-refractivity contribution in [2.75, 3.05) is 19.6 Å². The Kier molecular flexibility index (Phi) is 6.49. The Labute approximate surface area is 118 Å². The SMILES string of the molecule is CCN(CC)CCC(NN)c1cc(C)c(C)cc1C. The van der Waals surface area contributed by atoms with Crippen molar-refractivity contribution in [2.45, 2.75) is 47.1 Å². The molecule has 1 unspecified atom stereocenters. The van der Waals surface area contributed by atoms with Crippen LogP contribution >= 0.6 is 0 Å². The third kappa shape index (κ3) is 4.30. The van der Waals surface area contributed by atoms with E-state index in [0.29, 0.717) is 0 Å². The number of rotatable bonds is 7. The third-order valence-electron chi connectivity index (χ3n) is 4.09. The maximum atomic E-state index is 5.76. The molecule has 0 amide bonds. The molecule has 3 heteroatoms. The number of nitrogens with two attached hydrogens (primary N) is 1. The summed E-state index contributed by atoms with van der Waals surface area (Å²) in [7, 11) is 0. The summed E-state index contributed by atoms with van der Waals surface area (Å²) in [5.74, 6) is 5.76. The molecule has 0 aliphatic heterocycles. The summed E-state index contributed by atoms with van der Waals surface area (Å²) in [6.07, 6.45) is 1.04. The average Bonchev–Trinajstić information content (AvgIpc) is 2.40. The van der Waals surface area contributed by atoms with Crippen molar-refractivity contribution >= 4 is 0 Å². The largest absolute Gasteiger partial charge is 0.304 e. The Balaban J connectivity index is 2.82. The zero-order chi connectivity index (χ0) is 14.4. The van der Waals surface area contributed by atoms with E-state index >= 15 is 0 Å². The molecule has 0 saturated heterocycles. The Morgan fingerprint density at radius 3 is 2.16 bits per heavy atom. The standard InChI is InChI=1S/C16H29N3/c1-6-19(7-2)9-8-16(18-17)15-11-13(4)12(3)10-14(15)5/h10-11,16,18H,6-9,17H2,1-5H3. The van der Waals surface area contributed by atoms with Crippen molar-refractivity contribution in [1.82, 2.24) is 10.3 Å². The smallest absolute Gasteiger partial charge is 0.0474 e. The predicted octanol–water partition coefficient (Wildman–Crippen LogP) is 2.85. The zero-order valence-corrected chi connectivity index (χ0v) is 13.1. The molecule has 1 aromatic carbocycles. The van der Waals surface area contributed by atoms with Crippen LogP contribution in [-0.2, 0) is 0 Å². The van der Waals surface area contributed by atoms with Gasteiger partial charge in [-0.2, -0.15) is 0 Å².